The zero-order chi connectivity index (χ0) is 30.1. The minimum absolute atomic E-state index is 0.0769. The van der Waals surface area contributed by atoms with E-state index in [4.69, 9.17) is 5.73 Å². The number of phenolic OH excluding ortho intramolecular Hbond substituents is 1. The van der Waals surface area contributed by atoms with Gasteiger partial charge in [0.15, 0.2) is 11.4 Å². The minimum Gasteiger partial charge on any atom is -0.507 e. The van der Waals surface area contributed by atoms with E-state index in [-0.39, 0.29) is 29.7 Å². The maximum Gasteiger partial charge on any atom is 0.230 e. The van der Waals surface area contributed by atoms with Crippen molar-refractivity contribution in [3.63, 3.8) is 0 Å². The Bertz CT molecular complexity index is 1480. The van der Waals surface area contributed by atoms with Gasteiger partial charge in [-0.25, -0.2) is 0 Å². The lowest BCUT2D eigenvalue weighted by atomic mass is 9.54. The molecule has 0 bridgehead atoms. The number of amides is 1. The van der Waals surface area contributed by atoms with Crippen LogP contribution in [0, 0.1) is 17.8 Å². The summed E-state index contributed by atoms with van der Waals surface area (Å²) in [5.74, 6) is -7.43. The number of hydrogen-bond acceptors (Lipinski definition) is 9. The van der Waals surface area contributed by atoms with Crippen LogP contribution in [0.3, 0.4) is 0 Å². The highest BCUT2D eigenvalue weighted by Crippen LogP contribution is 2.53. The van der Waals surface area contributed by atoms with Gasteiger partial charge >= 0.3 is 0 Å². The standard InChI is InChI=1S/C31H37N3O7/c1-6-14-11-18(15-7-9-17(10-8-15)33(2)3)19-12-16-13-20-24(34(4)5)27(37)23(30(32)40)29(39)31(20,41)28(38)21(16)26(36)22(19)25(14)35/h7-11,16,20,23-24,27,35-37,41H,6,12-13H2,1-5H3,(H2,32,40)/t16-,20-,23?,24-,27?,31-/m1/s1. The van der Waals surface area contributed by atoms with Gasteiger partial charge in [-0.05, 0) is 79.7 Å². The zero-order valence-electron chi connectivity index (χ0n) is 23.9. The predicted molar refractivity (Wildman–Crippen MR) is 153 cm³/mol. The van der Waals surface area contributed by atoms with Crippen LogP contribution >= 0.6 is 0 Å². The number of aliphatic hydroxyl groups is 3. The summed E-state index contributed by atoms with van der Waals surface area (Å²) in [7, 11) is 7.15. The lowest BCUT2D eigenvalue weighted by molar-refractivity contribution is -0.184. The summed E-state index contributed by atoms with van der Waals surface area (Å²) in [5.41, 5.74) is 6.63. The number of carbonyl (C=O) groups excluding carboxylic acids is 3. The Balaban J connectivity index is 1.72. The van der Waals surface area contributed by atoms with Crippen LogP contribution in [0.2, 0.25) is 0 Å². The molecule has 2 aromatic rings. The molecule has 10 nitrogen and oxygen atoms in total. The first-order valence-corrected chi connectivity index (χ1v) is 13.8. The fourth-order valence-corrected chi connectivity index (χ4v) is 7.19. The number of hydrogen-bond donors (Lipinski definition) is 5. The molecular weight excluding hydrogens is 526 g/mol. The number of phenols is 1. The molecule has 5 rings (SSSR count). The monoisotopic (exact) mass is 563 g/mol. The first kappa shape index (κ1) is 28.8. The SMILES string of the molecule is CCc1cc(-c2ccc(N(C)C)cc2)c2c(c1O)C(O)=C1C(=O)[C@@]3(O)C(=O)C(C(N)=O)C(O)[C@H](N(C)C)[C@H]3C[C@H]1C2. The topological polar surface area (TPSA) is 165 Å². The van der Waals surface area contributed by atoms with Crippen LogP contribution in [0.5, 0.6) is 5.75 Å². The van der Waals surface area contributed by atoms with E-state index in [0.29, 0.717) is 17.5 Å². The number of benzene rings is 2. The number of carbonyl (C=O) groups is 3. The number of primary amides is 1. The number of likely N-dealkylation sites (N-methyl/N-ethyl adjacent to an activating group) is 1. The van der Waals surface area contributed by atoms with Gasteiger partial charge in [-0.2, -0.15) is 0 Å². The first-order valence-electron chi connectivity index (χ1n) is 13.8. The number of aromatic hydroxyl groups is 1. The normalized spacial score (nSPS) is 29.2. The number of ketones is 2. The number of aryl methyl sites for hydroxylation is 1. The van der Waals surface area contributed by atoms with E-state index in [2.05, 4.69) is 0 Å². The number of fused-ring (bicyclic) bond motifs is 3. The molecule has 2 aromatic carbocycles. The van der Waals surface area contributed by atoms with Crippen molar-refractivity contribution in [3.05, 3.63) is 52.6 Å². The fraction of sp³-hybridized carbons (Fsp3) is 0.452. The Morgan fingerprint density at radius 2 is 1.73 bits per heavy atom. The van der Waals surface area contributed by atoms with Gasteiger partial charge in [0.25, 0.3) is 0 Å². The predicted octanol–water partition coefficient (Wildman–Crippen LogP) is 1.42. The van der Waals surface area contributed by atoms with Crippen molar-refractivity contribution < 1.29 is 34.8 Å². The Morgan fingerprint density at radius 1 is 1.10 bits per heavy atom. The molecule has 218 valence electrons. The summed E-state index contributed by atoms with van der Waals surface area (Å²) in [5, 5.41) is 45.7. The first-order chi connectivity index (χ1) is 19.2. The number of aliphatic hydroxyl groups excluding tert-OH is 2. The molecule has 2 unspecified atom stereocenters. The zero-order valence-corrected chi connectivity index (χ0v) is 23.9. The van der Waals surface area contributed by atoms with Crippen LogP contribution in [0.15, 0.2) is 35.9 Å². The number of Topliss-reactive ketones (excluding diaryl/α,β-unsaturated/α-hetero) is 2. The summed E-state index contributed by atoms with van der Waals surface area (Å²) >= 11 is 0. The molecular formula is C31H37N3O7. The molecule has 6 N–H and O–H groups in total. The largest absolute Gasteiger partial charge is 0.507 e. The molecule has 0 aliphatic heterocycles. The lowest BCUT2D eigenvalue weighted by Crippen LogP contribution is -2.73. The van der Waals surface area contributed by atoms with Crippen molar-refractivity contribution in [1.82, 2.24) is 4.90 Å². The highest BCUT2D eigenvalue weighted by atomic mass is 16.3. The number of nitrogens with two attached hydrogens (primary N) is 1. The van der Waals surface area contributed by atoms with Crippen molar-refractivity contribution in [2.75, 3.05) is 33.1 Å². The second-order valence-corrected chi connectivity index (χ2v) is 11.9. The van der Waals surface area contributed by atoms with E-state index in [1.54, 1.807) is 19.0 Å². The van der Waals surface area contributed by atoms with E-state index in [0.717, 1.165) is 16.8 Å². The van der Waals surface area contributed by atoms with Gasteiger partial charge in [0, 0.05) is 37.3 Å². The maximum absolute atomic E-state index is 14.1. The molecule has 0 radical (unpaired) electrons. The van der Waals surface area contributed by atoms with E-state index in [1.807, 2.05) is 56.3 Å². The summed E-state index contributed by atoms with van der Waals surface area (Å²) in [6.07, 6.45) is -0.744. The van der Waals surface area contributed by atoms with Crippen LogP contribution in [-0.2, 0) is 27.2 Å². The van der Waals surface area contributed by atoms with Crippen LogP contribution in [0.25, 0.3) is 16.9 Å². The van der Waals surface area contributed by atoms with Crippen molar-refractivity contribution in [2.45, 2.75) is 43.9 Å². The minimum atomic E-state index is -2.67. The highest BCUT2D eigenvalue weighted by Gasteiger charge is 2.67. The summed E-state index contributed by atoms with van der Waals surface area (Å²) in [6.45, 7) is 1.87. The molecule has 3 aliphatic rings. The Kier molecular flexibility index (Phi) is 7.00. The Morgan fingerprint density at radius 3 is 2.27 bits per heavy atom. The molecule has 3 aliphatic carbocycles. The van der Waals surface area contributed by atoms with E-state index >= 15 is 0 Å². The Hall–Kier alpha value is -3.73. The summed E-state index contributed by atoms with van der Waals surface area (Å²) < 4.78 is 0. The van der Waals surface area contributed by atoms with Gasteiger partial charge in [-0.15, -0.1) is 0 Å². The van der Waals surface area contributed by atoms with Gasteiger partial charge in [0.1, 0.15) is 17.4 Å². The van der Waals surface area contributed by atoms with Crippen molar-refractivity contribution in [3.8, 4) is 16.9 Å². The van der Waals surface area contributed by atoms with Gasteiger partial charge in [-0.3, -0.25) is 14.4 Å². The number of nitrogens with zero attached hydrogens (tertiary/aromatic N) is 2. The average molecular weight is 564 g/mol. The molecule has 0 spiro atoms. The van der Waals surface area contributed by atoms with Gasteiger partial charge in [0.2, 0.25) is 11.7 Å². The number of anilines is 1. The van der Waals surface area contributed by atoms with Crippen molar-refractivity contribution in [1.29, 1.82) is 0 Å². The van der Waals surface area contributed by atoms with Crippen LogP contribution < -0.4 is 10.6 Å². The molecule has 6 atom stereocenters. The second kappa shape index (κ2) is 9.97. The van der Waals surface area contributed by atoms with Crippen molar-refractivity contribution >= 4 is 28.9 Å². The van der Waals surface area contributed by atoms with Crippen LogP contribution in [-0.4, -0.2) is 88.7 Å². The van der Waals surface area contributed by atoms with Gasteiger partial charge in [-0.1, -0.05) is 19.1 Å². The van der Waals surface area contributed by atoms with Crippen LogP contribution in [0.4, 0.5) is 5.69 Å². The third-order valence-electron chi connectivity index (χ3n) is 9.24. The maximum atomic E-state index is 14.1. The molecule has 1 amide bonds. The molecule has 0 aromatic heterocycles. The quantitative estimate of drug-likeness (QED) is 0.338. The van der Waals surface area contributed by atoms with E-state index in [9.17, 15) is 34.8 Å². The number of rotatable bonds is 5. The highest BCUT2D eigenvalue weighted by molar-refractivity contribution is 6.25. The van der Waals surface area contributed by atoms with E-state index in [1.165, 1.54) is 0 Å². The Labute approximate surface area is 238 Å². The average Bonchev–Trinajstić information content (AvgIpc) is 2.90. The smallest absolute Gasteiger partial charge is 0.230 e. The summed E-state index contributed by atoms with van der Waals surface area (Å²) in [6, 6.07) is 8.83. The molecule has 2 saturated carbocycles. The van der Waals surface area contributed by atoms with Gasteiger partial charge in [0.05, 0.1) is 11.7 Å². The van der Waals surface area contributed by atoms with Gasteiger partial charge < -0.3 is 36.0 Å². The fourth-order valence-electron chi connectivity index (χ4n) is 7.19. The molecule has 0 heterocycles. The van der Waals surface area contributed by atoms with E-state index < -0.39 is 58.7 Å². The molecule has 0 saturated heterocycles. The third kappa shape index (κ3) is 4.07. The third-order valence-corrected chi connectivity index (χ3v) is 9.24. The molecule has 10 heteroatoms. The second-order valence-electron chi connectivity index (χ2n) is 11.9. The molecule has 41 heavy (non-hydrogen) atoms. The van der Waals surface area contributed by atoms with Crippen molar-refractivity contribution in [2.24, 2.45) is 23.5 Å². The lowest BCUT2D eigenvalue weighted by Gasteiger charge is -2.53. The summed E-state index contributed by atoms with van der Waals surface area (Å²) in [4.78, 5) is 43.4. The van der Waals surface area contributed by atoms with Crippen LogP contribution in [0.1, 0.15) is 30.0 Å². The molecule has 2 fully saturated rings.